The van der Waals surface area contributed by atoms with Crippen molar-refractivity contribution in [1.82, 2.24) is 4.98 Å². The van der Waals surface area contributed by atoms with E-state index >= 15 is 0 Å². The average Bonchev–Trinajstić information content (AvgIpc) is 2.75. The summed E-state index contributed by atoms with van der Waals surface area (Å²) in [6.07, 6.45) is 9.44. The third kappa shape index (κ3) is 8.44. The van der Waals surface area contributed by atoms with Crippen molar-refractivity contribution in [2.75, 3.05) is 29.5 Å². The van der Waals surface area contributed by atoms with Crippen LogP contribution in [-0.4, -0.2) is 35.1 Å². The van der Waals surface area contributed by atoms with Crippen molar-refractivity contribution in [2.45, 2.75) is 55.9 Å². The lowest BCUT2D eigenvalue weighted by molar-refractivity contribution is -0.115. The number of aryl methyl sites for hydroxylation is 1. The summed E-state index contributed by atoms with van der Waals surface area (Å²) < 4.78 is 5.79. The number of nitrogens with one attached hydrogen (secondary N) is 1. The number of benzene rings is 1. The fourth-order valence-electron chi connectivity index (χ4n) is 2.91. The van der Waals surface area contributed by atoms with Crippen molar-refractivity contribution in [1.29, 1.82) is 0 Å². The van der Waals surface area contributed by atoms with Gasteiger partial charge in [-0.25, -0.2) is 4.98 Å². The number of ether oxygens (including phenoxy) is 1. The highest BCUT2D eigenvalue weighted by molar-refractivity contribution is 7.99. The molecule has 0 spiro atoms. The van der Waals surface area contributed by atoms with Crippen molar-refractivity contribution in [3.05, 3.63) is 41.6 Å². The number of unbranched alkanes of at least 4 members (excludes halogenated alkanes) is 3. The van der Waals surface area contributed by atoms with Crippen LogP contribution in [0.1, 0.15) is 43.9 Å². The van der Waals surface area contributed by atoms with Gasteiger partial charge in [-0.3, -0.25) is 4.79 Å². The Balaban J connectivity index is 1.84. The first-order valence-corrected chi connectivity index (χ1v) is 13.9. The molecule has 1 aromatic carbocycles. The number of nitrogens with zero attached hydrogens (tertiary/aromatic N) is 1. The summed E-state index contributed by atoms with van der Waals surface area (Å²) in [5.74, 6) is 2.61. The van der Waals surface area contributed by atoms with Gasteiger partial charge in [-0.05, 0) is 55.4 Å². The second-order valence-electron chi connectivity index (χ2n) is 6.95. The number of hydrogen-bond acceptors (Lipinski definition) is 6. The quantitative estimate of drug-likeness (QED) is 0.203. The molecule has 0 aliphatic carbocycles. The number of rotatable bonds is 13. The second kappa shape index (κ2) is 13.9. The monoisotopic (exact) mass is 464 g/mol. The van der Waals surface area contributed by atoms with Crippen LogP contribution in [0, 0.1) is 6.92 Å². The molecule has 30 heavy (non-hydrogen) atoms. The van der Waals surface area contributed by atoms with Crippen LogP contribution < -0.4 is 10.1 Å². The third-order valence-corrected chi connectivity index (χ3v) is 6.80. The number of anilines is 1. The Bertz CT molecular complexity index is 773. The fourth-order valence-corrected chi connectivity index (χ4v) is 4.96. The molecular weight excluding hydrogens is 432 g/mol. The van der Waals surface area contributed by atoms with E-state index in [1.54, 1.807) is 23.5 Å². The van der Waals surface area contributed by atoms with E-state index in [-0.39, 0.29) is 5.91 Å². The van der Waals surface area contributed by atoms with E-state index in [0.717, 1.165) is 38.4 Å². The summed E-state index contributed by atoms with van der Waals surface area (Å²) in [5.41, 5.74) is 2.72. The van der Waals surface area contributed by atoms with E-state index in [2.05, 4.69) is 17.2 Å². The standard InChI is InChI=1S/C23H32N2O2S3/c1-5-6-7-8-13-30-16-27-19-11-9-18(10-12-19)15-21(26)25-22-20(28-3)14-17(2)24-23(22)29-4/h9-12,14H,5-8,13,15-16H2,1-4H3,(H,25,26). The Labute approximate surface area is 193 Å². The molecule has 4 nitrogen and oxygen atoms in total. The van der Waals surface area contributed by atoms with Crippen LogP contribution in [0.4, 0.5) is 5.69 Å². The number of carbonyl (C=O) groups is 1. The van der Waals surface area contributed by atoms with E-state index < -0.39 is 0 Å². The van der Waals surface area contributed by atoms with Gasteiger partial charge in [-0.1, -0.05) is 38.3 Å². The zero-order valence-corrected chi connectivity index (χ0v) is 20.8. The summed E-state index contributed by atoms with van der Waals surface area (Å²) in [6.45, 7) is 4.20. The van der Waals surface area contributed by atoms with Crippen LogP contribution in [0.25, 0.3) is 0 Å². The van der Waals surface area contributed by atoms with E-state index in [9.17, 15) is 4.79 Å². The highest BCUT2D eigenvalue weighted by Crippen LogP contribution is 2.33. The van der Waals surface area contributed by atoms with Crippen molar-refractivity contribution < 1.29 is 9.53 Å². The molecule has 2 rings (SSSR count). The first-order chi connectivity index (χ1) is 14.6. The zero-order chi connectivity index (χ0) is 21.8. The molecule has 2 aromatic rings. The molecule has 0 atom stereocenters. The Morgan fingerprint density at radius 2 is 1.87 bits per heavy atom. The molecule has 0 aliphatic heterocycles. The van der Waals surface area contributed by atoms with Gasteiger partial charge in [0, 0.05) is 10.6 Å². The van der Waals surface area contributed by atoms with E-state index in [1.165, 1.54) is 25.7 Å². The van der Waals surface area contributed by atoms with Crippen molar-refractivity contribution in [3.63, 3.8) is 0 Å². The number of amides is 1. The lowest BCUT2D eigenvalue weighted by Crippen LogP contribution is -2.16. The number of pyridine rings is 1. The largest absolute Gasteiger partial charge is 0.483 e. The van der Waals surface area contributed by atoms with E-state index in [1.807, 2.05) is 61.5 Å². The molecule has 1 N–H and O–H groups in total. The number of hydrogen-bond donors (Lipinski definition) is 1. The predicted molar refractivity (Wildman–Crippen MR) is 133 cm³/mol. The van der Waals surface area contributed by atoms with Gasteiger partial charge in [0.05, 0.1) is 12.1 Å². The van der Waals surface area contributed by atoms with Gasteiger partial charge >= 0.3 is 0 Å². The van der Waals surface area contributed by atoms with Gasteiger partial charge in [0.25, 0.3) is 0 Å². The highest BCUT2D eigenvalue weighted by atomic mass is 32.2. The minimum atomic E-state index is -0.0393. The van der Waals surface area contributed by atoms with Crippen LogP contribution in [0.15, 0.2) is 40.3 Å². The van der Waals surface area contributed by atoms with Gasteiger partial charge in [-0.15, -0.1) is 35.3 Å². The van der Waals surface area contributed by atoms with Gasteiger partial charge in [0.15, 0.2) is 0 Å². The van der Waals surface area contributed by atoms with Gasteiger partial charge < -0.3 is 10.1 Å². The first kappa shape index (κ1) is 25.0. The maximum absolute atomic E-state index is 12.6. The van der Waals surface area contributed by atoms with E-state index in [4.69, 9.17) is 4.74 Å². The number of aromatic nitrogens is 1. The SMILES string of the molecule is CCCCCCSCOc1ccc(CC(=O)Nc2c(SC)cc(C)nc2SC)cc1. The Hall–Kier alpha value is -1.31. The van der Waals surface area contributed by atoms with Crippen molar-refractivity contribution in [2.24, 2.45) is 0 Å². The van der Waals surface area contributed by atoms with Crippen LogP contribution in [0.2, 0.25) is 0 Å². The molecule has 0 aliphatic rings. The number of thioether (sulfide) groups is 3. The van der Waals surface area contributed by atoms with E-state index in [0.29, 0.717) is 12.4 Å². The number of carbonyl (C=O) groups excluding carboxylic acids is 1. The normalized spacial score (nSPS) is 10.8. The molecule has 164 valence electrons. The summed E-state index contributed by atoms with van der Waals surface area (Å²) in [5, 5.41) is 3.91. The Morgan fingerprint density at radius 3 is 2.53 bits per heavy atom. The Morgan fingerprint density at radius 1 is 1.10 bits per heavy atom. The fraction of sp³-hybridized carbons (Fsp3) is 0.478. The lowest BCUT2D eigenvalue weighted by Gasteiger charge is -2.14. The smallest absolute Gasteiger partial charge is 0.228 e. The van der Waals surface area contributed by atoms with Crippen LogP contribution in [0.5, 0.6) is 5.75 Å². The summed E-state index contributed by atoms with van der Waals surface area (Å²) in [4.78, 5) is 18.2. The van der Waals surface area contributed by atoms with Crippen LogP contribution in [0.3, 0.4) is 0 Å². The van der Waals surface area contributed by atoms with Crippen molar-refractivity contribution in [3.8, 4) is 5.75 Å². The van der Waals surface area contributed by atoms with Crippen LogP contribution >= 0.6 is 35.3 Å². The maximum atomic E-state index is 12.6. The minimum absolute atomic E-state index is 0.0393. The topological polar surface area (TPSA) is 51.2 Å². The summed E-state index contributed by atoms with van der Waals surface area (Å²) in [7, 11) is 0. The molecule has 0 radical (unpaired) electrons. The summed E-state index contributed by atoms with van der Waals surface area (Å²) in [6, 6.07) is 9.80. The lowest BCUT2D eigenvalue weighted by atomic mass is 10.1. The molecule has 1 heterocycles. The molecule has 1 aromatic heterocycles. The predicted octanol–water partition coefficient (Wildman–Crippen LogP) is 6.66. The third-order valence-electron chi connectivity index (χ3n) is 4.50. The van der Waals surface area contributed by atoms with Gasteiger partial charge in [0.2, 0.25) is 5.91 Å². The molecule has 0 saturated carbocycles. The Kier molecular flexibility index (Phi) is 11.6. The molecule has 7 heteroatoms. The van der Waals surface area contributed by atoms with Crippen molar-refractivity contribution >= 4 is 46.9 Å². The molecule has 0 unspecified atom stereocenters. The molecule has 0 fully saturated rings. The zero-order valence-electron chi connectivity index (χ0n) is 18.3. The molecule has 0 saturated heterocycles. The maximum Gasteiger partial charge on any atom is 0.228 e. The first-order valence-electron chi connectivity index (χ1n) is 10.3. The molecular formula is C23H32N2O2S3. The van der Waals surface area contributed by atoms with Gasteiger partial charge in [0.1, 0.15) is 16.7 Å². The van der Waals surface area contributed by atoms with Crippen LogP contribution in [-0.2, 0) is 11.2 Å². The average molecular weight is 465 g/mol. The summed E-state index contributed by atoms with van der Waals surface area (Å²) >= 11 is 4.99. The molecule has 0 bridgehead atoms. The minimum Gasteiger partial charge on any atom is -0.483 e. The van der Waals surface area contributed by atoms with Gasteiger partial charge in [-0.2, -0.15) is 0 Å². The molecule has 1 amide bonds. The second-order valence-corrected chi connectivity index (χ2v) is 9.65. The highest BCUT2D eigenvalue weighted by Gasteiger charge is 2.14.